The molecule has 2 aromatic carbocycles. The zero-order chi connectivity index (χ0) is 20.3. The average molecular weight is 390 g/mol. The monoisotopic (exact) mass is 390 g/mol. The average Bonchev–Trinajstić information content (AvgIpc) is 2.65. The number of amides is 1. The molecule has 0 fully saturated rings. The van der Waals surface area contributed by atoms with Crippen molar-refractivity contribution in [3.05, 3.63) is 99.7 Å². The van der Waals surface area contributed by atoms with Crippen LogP contribution in [0.15, 0.2) is 71.7 Å². The Morgan fingerprint density at radius 2 is 1.71 bits per heavy atom. The number of rotatable bonds is 4. The highest BCUT2D eigenvalue weighted by atomic mass is 19.4. The van der Waals surface area contributed by atoms with Gasteiger partial charge in [-0.2, -0.15) is 13.2 Å². The van der Waals surface area contributed by atoms with Gasteiger partial charge in [-0.1, -0.05) is 12.1 Å². The number of nitrogens with zero attached hydrogens (tertiary/aromatic N) is 1. The second kappa shape index (κ2) is 7.67. The third-order valence-corrected chi connectivity index (χ3v) is 3.95. The first kappa shape index (κ1) is 19.3. The number of anilines is 1. The Bertz CT molecular complexity index is 1060. The highest BCUT2D eigenvalue weighted by molar-refractivity contribution is 6.04. The lowest BCUT2D eigenvalue weighted by molar-refractivity contribution is -0.137. The highest BCUT2D eigenvalue weighted by Gasteiger charge is 2.30. The Kier molecular flexibility index (Phi) is 5.30. The van der Waals surface area contributed by atoms with Gasteiger partial charge in [-0.15, -0.1) is 0 Å². The molecule has 0 radical (unpaired) electrons. The molecule has 4 nitrogen and oxygen atoms in total. The maximum Gasteiger partial charge on any atom is 0.416 e. The van der Waals surface area contributed by atoms with Crippen LogP contribution in [0.4, 0.5) is 23.2 Å². The van der Waals surface area contributed by atoms with Crippen LogP contribution in [0.3, 0.4) is 0 Å². The van der Waals surface area contributed by atoms with Crippen LogP contribution in [0.25, 0.3) is 0 Å². The van der Waals surface area contributed by atoms with E-state index in [4.69, 9.17) is 0 Å². The Hall–Kier alpha value is -3.42. The molecule has 8 heteroatoms. The van der Waals surface area contributed by atoms with Gasteiger partial charge in [-0.3, -0.25) is 9.59 Å². The first-order valence-corrected chi connectivity index (χ1v) is 8.16. The van der Waals surface area contributed by atoms with Crippen molar-refractivity contribution in [1.29, 1.82) is 0 Å². The molecule has 1 heterocycles. The summed E-state index contributed by atoms with van der Waals surface area (Å²) in [7, 11) is 0. The SMILES string of the molecule is O=C(Nc1ccc(F)cc1)c1ccc(=O)n(Cc2cccc(C(F)(F)F)c2)c1. The zero-order valence-electron chi connectivity index (χ0n) is 14.3. The van der Waals surface area contributed by atoms with Crippen LogP contribution in [0, 0.1) is 5.82 Å². The van der Waals surface area contributed by atoms with Gasteiger partial charge in [0.15, 0.2) is 0 Å². The van der Waals surface area contributed by atoms with E-state index >= 15 is 0 Å². The molecule has 0 saturated heterocycles. The molecule has 1 N–H and O–H groups in total. The summed E-state index contributed by atoms with van der Waals surface area (Å²) in [6.45, 7) is -0.125. The molecule has 0 aliphatic carbocycles. The summed E-state index contributed by atoms with van der Waals surface area (Å²) in [5.41, 5.74) is -0.509. The summed E-state index contributed by atoms with van der Waals surface area (Å²) in [6, 6.07) is 12.2. The van der Waals surface area contributed by atoms with E-state index in [9.17, 15) is 27.2 Å². The van der Waals surface area contributed by atoms with E-state index in [2.05, 4.69) is 5.32 Å². The van der Waals surface area contributed by atoms with E-state index in [0.717, 1.165) is 22.8 Å². The number of pyridine rings is 1. The molecule has 0 spiro atoms. The quantitative estimate of drug-likeness (QED) is 0.675. The lowest BCUT2D eigenvalue weighted by Gasteiger charge is -2.11. The lowest BCUT2D eigenvalue weighted by atomic mass is 10.1. The van der Waals surface area contributed by atoms with Gasteiger partial charge in [0.2, 0.25) is 0 Å². The molecule has 3 aromatic rings. The minimum atomic E-state index is -4.49. The fourth-order valence-electron chi connectivity index (χ4n) is 2.57. The normalized spacial score (nSPS) is 11.3. The van der Waals surface area contributed by atoms with Gasteiger partial charge in [0.05, 0.1) is 17.7 Å². The molecule has 0 atom stereocenters. The fraction of sp³-hybridized carbons (Fsp3) is 0.100. The van der Waals surface area contributed by atoms with Crippen LogP contribution >= 0.6 is 0 Å². The molecule has 0 unspecified atom stereocenters. The molecule has 0 aliphatic rings. The molecular formula is C20H14F4N2O2. The standard InChI is InChI=1S/C20H14F4N2O2/c21-16-5-7-17(8-6-16)25-19(28)14-4-9-18(27)26(12-14)11-13-2-1-3-15(10-13)20(22,23)24/h1-10,12H,11H2,(H,25,28). The number of aromatic nitrogens is 1. The fourth-order valence-corrected chi connectivity index (χ4v) is 2.57. The Labute approximate surface area is 157 Å². The van der Waals surface area contributed by atoms with Gasteiger partial charge in [0, 0.05) is 18.0 Å². The predicted molar refractivity (Wildman–Crippen MR) is 95.6 cm³/mol. The molecule has 1 amide bonds. The summed E-state index contributed by atoms with van der Waals surface area (Å²) < 4.78 is 52.6. The summed E-state index contributed by atoms with van der Waals surface area (Å²) in [6.07, 6.45) is -3.22. The smallest absolute Gasteiger partial charge is 0.322 e. The minimum Gasteiger partial charge on any atom is -0.322 e. The van der Waals surface area contributed by atoms with Crippen LogP contribution in [0.2, 0.25) is 0 Å². The molecule has 1 aromatic heterocycles. The second-order valence-corrected chi connectivity index (χ2v) is 6.04. The Morgan fingerprint density at radius 3 is 2.39 bits per heavy atom. The van der Waals surface area contributed by atoms with E-state index in [1.165, 1.54) is 48.7 Å². The van der Waals surface area contributed by atoms with E-state index < -0.39 is 29.0 Å². The molecule has 0 aliphatic heterocycles. The number of halogens is 4. The van der Waals surface area contributed by atoms with E-state index in [0.29, 0.717) is 5.69 Å². The minimum absolute atomic E-state index is 0.125. The summed E-state index contributed by atoms with van der Waals surface area (Å²) >= 11 is 0. The molecule has 3 rings (SSSR count). The third-order valence-electron chi connectivity index (χ3n) is 3.95. The van der Waals surface area contributed by atoms with Crippen LogP contribution in [0.1, 0.15) is 21.5 Å². The maximum atomic E-state index is 12.9. The number of carbonyl (C=O) groups excluding carboxylic acids is 1. The Morgan fingerprint density at radius 1 is 1.00 bits per heavy atom. The number of hydrogen-bond acceptors (Lipinski definition) is 2. The van der Waals surface area contributed by atoms with Crippen molar-refractivity contribution in [3.8, 4) is 0 Å². The number of carbonyl (C=O) groups is 1. The van der Waals surface area contributed by atoms with Crippen LogP contribution in [-0.2, 0) is 12.7 Å². The number of hydrogen-bond donors (Lipinski definition) is 1. The number of alkyl halides is 3. The van der Waals surface area contributed by atoms with E-state index in [1.54, 1.807) is 0 Å². The van der Waals surface area contributed by atoms with Gasteiger partial charge in [0.1, 0.15) is 5.82 Å². The molecule has 0 saturated carbocycles. The molecule has 144 valence electrons. The lowest BCUT2D eigenvalue weighted by Crippen LogP contribution is -2.22. The maximum absolute atomic E-state index is 12.9. The highest BCUT2D eigenvalue weighted by Crippen LogP contribution is 2.29. The van der Waals surface area contributed by atoms with Gasteiger partial charge >= 0.3 is 6.18 Å². The summed E-state index contributed by atoms with van der Waals surface area (Å²) in [4.78, 5) is 24.4. The Balaban J connectivity index is 1.83. The van der Waals surface area contributed by atoms with Crippen molar-refractivity contribution < 1.29 is 22.4 Å². The zero-order valence-corrected chi connectivity index (χ0v) is 14.3. The summed E-state index contributed by atoms with van der Waals surface area (Å²) in [5, 5.41) is 2.56. The van der Waals surface area contributed by atoms with Crippen molar-refractivity contribution in [3.63, 3.8) is 0 Å². The molecular weight excluding hydrogens is 376 g/mol. The van der Waals surface area contributed by atoms with Crippen molar-refractivity contribution >= 4 is 11.6 Å². The second-order valence-electron chi connectivity index (χ2n) is 6.04. The summed E-state index contributed by atoms with van der Waals surface area (Å²) in [5.74, 6) is -0.989. The first-order valence-electron chi connectivity index (χ1n) is 8.16. The van der Waals surface area contributed by atoms with Gasteiger partial charge in [-0.05, 0) is 48.0 Å². The van der Waals surface area contributed by atoms with Gasteiger partial charge in [-0.25, -0.2) is 4.39 Å². The van der Waals surface area contributed by atoms with Crippen molar-refractivity contribution in [2.45, 2.75) is 12.7 Å². The van der Waals surface area contributed by atoms with Crippen LogP contribution in [0.5, 0.6) is 0 Å². The number of nitrogens with one attached hydrogen (secondary N) is 1. The first-order chi connectivity index (χ1) is 13.2. The van der Waals surface area contributed by atoms with E-state index in [-0.39, 0.29) is 17.7 Å². The molecule has 28 heavy (non-hydrogen) atoms. The topological polar surface area (TPSA) is 51.1 Å². The largest absolute Gasteiger partial charge is 0.416 e. The number of benzene rings is 2. The third kappa shape index (κ3) is 4.64. The van der Waals surface area contributed by atoms with E-state index in [1.807, 2.05) is 0 Å². The van der Waals surface area contributed by atoms with Crippen molar-refractivity contribution in [2.75, 3.05) is 5.32 Å². The van der Waals surface area contributed by atoms with Crippen molar-refractivity contribution in [1.82, 2.24) is 4.57 Å². The van der Waals surface area contributed by atoms with Crippen molar-refractivity contribution in [2.24, 2.45) is 0 Å². The predicted octanol–water partition coefficient (Wildman–Crippen LogP) is 4.31. The van der Waals surface area contributed by atoms with Crippen LogP contribution < -0.4 is 10.9 Å². The molecule has 0 bridgehead atoms. The van der Waals surface area contributed by atoms with Crippen LogP contribution in [-0.4, -0.2) is 10.5 Å². The van der Waals surface area contributed by atoms with Gasteiger partial charge in [0.25, 0.3) is 11.5 Å². The van der Waals surface area contributed by atoms with Gasteiger partial charge < -0.3 is 9.88 Å².